The normalized spacial score (nSPS) is 27.9. The lowest BCUT2D eigenvalue weighted by Gasteiger charge is -2.27. The minimum Gasteiger partial charge on any atom is -0.387 e. The first-order chi connectivity index (χ1) is 16.9. The van der Waals surface area contributed by atoms with Gasteiger partial charge in [-0.15, -0.1) is 0 Å². The molecule has 2 aromatic heterocycles. The van der Waals surface area contributed by atoms with Crippen LogP contribution in [0.15, 0.2) is 23.3 Å². The molecule has 1 aromatic carbocycles. The van der Waals surface area contributed by atoms with Gasteiger partial charge < -0.3 is 34.5 Å². The number of hydrogen-bond acceptors (Lipinski definition) is 12. The van der Waals surface area contributed by atoms with Crippen molar-refractivity contribution < 1.29 is 61.4 Å². The Hall–Kier alpha value is -1.59. The van der Waals surface area contributed by atoms with E-state index in [0.29, 0.717) is 10.8 Å². The predicted molar refractivity (Wildman–Crippen MR) is 121 cm³/mol. The van der Waals surface area contributed by atoms with Crippen LogP contribution in [0.2, 0.25) is 5.02 Å². The average molecular weight is 607 g/mol. The number of aromatic nitrogens is 4. The molecule has 0 amide bonds. The van der Waals surface area contributed by atoms with Crippen LogP contribution in [0.25, 0.3) is 21.7 Å². The third-order valence-corrected chi connectivity index (χ3v) is 9.33. The first-order valence-corrected chi connectivity index (χ1v) is 14.7. The maximum atomic E-state index is 12.2. The van der Waals surface area contributed by atoms with Crippen molar-refractivity contribution in [3.05, 3.63) is 33.8 Å². The molecule has 1 aliphatic heterocycles. The molecule has 18 nitrogen and oxygen atoms in total. The smallest absolute Gasteiger partial charge is 0.387 e. The third kappa shape index (κ3) is 5.88. The summed E-state index contributed by atoms with van der Waals surface area (Å²) in [5, 5.41) is 32.8. The number of aliphatic hydroxyl groups excluding tert-OH is 1. The summed E-state index contributed by atoms with van der Waals surface area (Å²) in [5.74, 6) is 0. The Morgan fingerprint density at radius 2 is 1.86 bits per heavy atom. The highest BCUT2D eigenvalue weighted by Crippen LogP contribution is 2.66. The monoisotopic (exact) mass is 606 g/mol. The van der Waals surface area contributed by atoms with E-state index in [1.54, 1.807) is 0 Å². The van der Waals surface area contributed by atoms with Crippen molar-refractivity contribution in [1.82, 2.24) is 20.0 Å². The predicted octanol–water partition coefficient (Wildman–Crippen LogP) is 0.279. The fraction of sp³-hybridized carbons (Fsp3) is 0.400. The fourth-order valence-corrected chi connectivity index (χ4v) is 6.99. The van der Waals surface area contributed by atoms with E-state index < -0.39 is 59.7 Å². The maximum absolute atomic E-state index is 12.2. The van der Waals surface area contributed by atoms with Gasteiger partial charge in [-0.3, -0.25) is 9.32 Å². The van der Waals surface area contributed by atoms with Gasteiger partial charge in [-0.25, -0.2) is 23.5 Å². The number of hydrogen-bond donors (Lipinski definition) is 7. The molecule has 4 rings (SSSR count). The topological polar surface area (TPSA) is 273 Å². The first kappa shape index (κ1) is 28.4. The lowest BCUT2D eigenvalue weighted by Crippen LogP contribution is -2.44. The van der Waals surface area contributed by atoms with Crippen LogP contribution in [0.3, 0.4) is 0 Å². The lowest BCUT2D eigenvalue weighted by molar-refractivity contribution is -0.102. The Balaban J connectivity index is 1.59. The summed E-state index contributed by atoms with van der Waals surface area (Å²) in [6.45, 7) is 0.134. The van der Waals surface area contributed by atoms with Gasteiger partial charge in [-0.1, -0.05) is 11.6 Å². The van der Waals surface area contributed by atoms with Crippen molar-refractivity contribution in [1.29, 1.82) is 0 Å². The van der Waals surface area contributed by atoms with Gasteiger partial charge in [-0.05, 0) is 13.0 Å². The highest BCUT2D eigenvalue weighted by atomic mass is 35.5. The Morgan fingerprint density at radius 3 is 2.51 bits per heavy atom. The SMILES string of the molecule is C[C@@]1(O)[C@H](O)[C@@H](COP(=O)(O)OP(=O)(O)OP(=O)(O)O)O[C@H]1n1cc2c(Cl)cc3c(=O)[nH]ncc(n1)c23. The number of halogens is 1. The molecule has 1 aliphatic rings. The van der Waals surface area contributed by atoms with Crippen LogP contribution < -0.4 is 5.56 Å². The van der Waals surface area contributed by atoms with Crippen LogP contribution in [0.5, 0.6) is 0 Å². The van der Waals surface area contributed by atoms with Crippen LogP contribution in [0.4, 0.5) is 0 Å². The van der Waals surface area contributed by atoms with E-state index in [9.17, 15) is 38.5 Å². The van der Waals surface area contributed by atoms with Gasteiger partial charge in [0, 0.05) is 17.0 Å². The molecule has 1 saturated heterocycles. The molecule has 2 unspecified atom stereocenters. The van der Waals surface area contributed by atoms with Crippen LogP contribution in [-0.2, 0) is 31.6 Å². The van der Waals surface area contributed by atoms with E-state index in [4.69, 9.17) is 26.1 Å². The van der Waals surface area contributed by atoms with Gasteiger partial charge in [0.1, 0.15) is 23.3 Å². The largest absolute Gasteiger partial charge is 0.490 e. The molecule has 0 radical (unpaired) electrons. The molecule has 0 aliphatic carbocycles. The molecule has 204 valence electrons. The highest BCUT2D eigenvalue weighted by molar-refractivity contribution is 7.66. The van der Waals surface area contributed by atoms with E-state index in [1.807, 2.05) is 0 Å². The highest BCUT2D eigenvalue weighted by Gasteiger charge is 2.54. The molecule has 3 heterocycles. The summed E-state index contributed by atoms with van der Waals surface area (Å²) in [5.41, 5.74) is -2.49. The molecule has 6 atom stereocenters. The number of nitrogens with zero attached hydrogens (tertiary/aromatic N) is 3. The Morgan fingerprint density at radius 1 is 1.19 bits per heavy atom. The number of H-pyrrole nitrogens is 1. The van der Waals surface area contributed by atoms with Crippen molar-refractivity contribution in [3.63, 3.8) is 0 Å². The number of nitrogens with one attached hydrogen (secondary N) is 1. The van der Waals surface area contributed by atoms with E-state index >= 15 is 0 Å². The molecule has 3 aromatic rings. The average Bonchev–Trinajstić information content (AvgIpc) is 3.11. The lowest BCUT2D eigenvalue weighted by atomic mass is 9.97. The van der Waals surface area contributed by atoms with Gasteiger partial charge in [-0.2, -0.15) is 18.8 Å². The zero-order valence-corrected chi connectivity index (χ0v) is 21.6. The third-order valence-electron chi connectivity index (χ3n) is 5.22. The molecular formula is C15H18ClN4O14P3. The number of phosphoric acid groups is 3. The van der Waals surface area contributed by atoms with Crippen LogP contribution in [0.1, 0.15) is 13.2 Å². The minimum absolute atomic E-state index is 0.156. The fourth-order valence-electron chi connectivity index (χ4n) is 3.71. The van der Waals surface area contributed by atoms with Crippen molar-refractivity contribution in [2.24, 2.45) is 0 Å². The minimum atomic E-state index is -5.76. The molecule has 7 N–H and O–H groups in total. The van der Waals surface area contributed by atoms with Gasteiger partial charge in [0.2, 0.25) is 0 Å². The standard InChI is InChI=1S/C15H18ClN4O14P3/c1-15(23)12(21)10(5-31-36(27,28)34-37(29,30)33-35(24,25)26)32-14(15)20-4-7-8(16)2-6-11(7)9(19-20)3-17-18-13(6)22/h2-4,10,12,14,21,23H,5H2,1H3,(H,18,22)(H,27,28)(H,29,30)(H2,24,25,26)/t10-,12-,14-,15-/m1/s1. The summed E-state index contributed by atoms with van der Waals surface area (Å²) in [7, 11) is -16.9. The molecule has 0 saturated carbocycles. The zero-order valence-electron chi connectivity index (χ0n) is 18.2. The first-order valence-electron chi connectivity index (χ1n) is 9.79. The van der Waals surface area contributed by atoms with Gasteiger partial charge in [0.05, 0.1) is 23.2 Å². The quantitative estimate of drug-likeness (QED) is 0.170. The van der Waals surface area contributed by atoms with E-state index in [-0.39, 0.29) is 15.9 Å². The summed E-state index contributed by atoms with van der Waals surface area (Å²) < 4.78 is 52.6. The van der Waals surface area contributed by atoms with Crippen molar-refractivity contribution in [2.45, 2.75) is 31.0 Å². The number of phosphoric ester groups is 1. The second kappa shape index (κ2) is 9.55. The maximum Gasteiger partial charge on any atom is 0.490 e. The van der Waals surface area contributed by atoms with Gasteiger partial charge in [0.25, 0.3) is 5.56 Å². The molecule has 37 heavy (non-hydrogen) atoms. The number of ether oxygens (including phenoxy) is 1. The molecular weight excluding hydrogens is 589 g/mol. The Labute approximate surface area is 209 Å². The number of aliphatic hydroxyl groups is 2. The summed E-state index contributed by atoms with van der Waals surface area (Å²) in [4.78, 5) is 48.2. The van der Waals surface area contributed by atoms with Gasteiger partial charge >= 0.3 is 23.5 Å². The van der Waals surface area contributed by atoms with E-state index in [0.717, 1.165) is 11.6 Å². The second-order valence-electron chi connectivity index (χ2n) is 7.97. The van der Waals surface area contributed by atoms with E-state index in [1.165, 1.54) is 18.5 Å². The van der Waals surface area contributed by atoms with Crippen molar-refractivity contribution in [2.75, 3.05) is 6.61 Å². The molecule has 1 fully saturated rings. The molecule has 22 heteroatoms. The second-order valence-corrected chi connectivity index (χ2v) is 12.8. The van der Waals surface area contributed by atoms with Crippen molar-refractivity contribution in [3.8, 4) is 0 Å². The molecule has 0 spiro atoms. The van der Waals surface area contributed by atoms with Gasteiger partial charge in [0.15, 0.2) is 6.23 Å². The Kier molecular flexibility index (Phi) is 7.34. The van der Waals surface area contributed by atoms with Crippen LogP contribution >= 0.6 is 35.1 Å². The summed E-state index contributed by atoms with van der Waals surface area (Å²) >= 11 is 6.26. The van der Waals surface area contributed by atoms with Crippen LogP contribution in [-0.4, -0.2) is 74.2 Å². The van der Waals surface area contributed by atoms with Crippen LogP contribution in [0, 0.1) is 0 Å². The summed E-state index contributed by atoms with van der Waals surface area (Å²) in [6, 6.07) is 1.39. The number of rotatable bonds is 8. The van der Waals surface area contributed by atoms with E-state index in [2.05, 4.69) is 28.4 Å². The number of aromatic amines is 1. The Bertz CT molecular complexity index is 1570. The zero-order chi connectivity index (χ0) is 27.6. The molecule has 0 bridgehead atoms. The van der Waals surface area contributed by atoms with Crippen molar-refractivity contribution >= 4 is 56.7 Å². The summed E-state index contributed by atoms with van der Waals surface area (Å²) in [6.07, 6.45) is -2.27.